The molecule has 90 valence electrons. The van der Waals surface area contributed by atoms with Crippen LogP contribution < -0.4 is 5.32 Å². The molecule has 0 bridgehead atoms. The minimum absolute atomic E-state index is 0.204. The molecule has 1 saturated carbocycles. The first-order chi connectivity index (χ1) is 8.34. The Balaban J connectivity index is 1.84. The van der Waals surface area contributed by atoms with E-state index in [0.717, 1.165) is 12.1 Å². The molecule has 0 radical (unpaired) electrons. The molecule has 1 aliphatic carbocycles. The molecule has 1 saturated heterocycles. The molecule has 2 aliphatic rings. The van der Waals surface area contributed by atoms with Crippen molar-refractivity contribution in [3.63, 3.8) is 0 Å². The minimum Gasteiger partial charge on any atom is -0.353 e. The average molecular weight is 230 g/mol. The summed E-state index contributed by atoms with van der Waals surface area (Å²) >= 11 is 0. The highest BCUT2D eigenvalue weighted by atomic mass is 16.1. The first-order valence-electron chi connectivity index (χ1n) is 6.55. The molecule has 2 fully saturated rings. The topological polar surface area (TPSA) is 42.0 Å². The molecule has 0 aromatic carbocycles. The molecule has 17 heavy (non-hydrogen) atoms. The average Bonchev–Trinajstić information content (AvgIpc) is 2.71. The summed E-state index contributed by atoms with van der Waals surface area (Å²) in [6.07, 6.45) is 7.41. The second-order valence-electron chi connectivity index (χ2n) is 5.18. The number of carbonyl (C=O) groups excluding carboxylic acids is 1. The molecule has 1 aromatic heterocycles. The number of hydrogen-bond acceptors (Lipinski definition) is 2. The third-order valence-corrected chi connectivity index (χ3v) is 4.15. The third-order valence-electron chi connectivity index (χ3n) is 4.15. The first-order valence-corrected chi connectivity index (χ1v) is 6.55. The smallest absolute Gasteiger partial charge is 0.220 e. The van der Waals surface area contributed by atoms with Gasteiger partial charge in [0.25, 0.3) is 0 Å². The van der Waals surface area contributed by atoms with E-state index in [2.05, 4.69) is 16.4 Å². The lowest BCUT2D eigenvalue weighted by molar-refractivity contribution is -0.119. The predicted octanol–water partition coefficient (Wildman–Crippen LogP) is 2.24. The predicted molar refractivity (Wildman–Crippen MR) is 65.5 cm³/mol. The van der Waals surface area contributed by atoms with E-state index in [9.17, 15) is 4.79 Å². The van der Waals surface area contributed by atoms with Gasteiger partial charge >= 0.3 is 0 Å². The Morgan fingerprint density at radius 1 is 1.29 bits per heavy atom. The van der Waals surface area contributed by atoms with Crippen molar-refractivity contribution in [1.29, 1.82) is 0 Å². The molecule has 3 nitrogen and oxygen atoms in total. The Hall–Kier alpha value is -1.38. The van der Waals surface area contributed by atoms with Crippen LogP contribution in [0.25, 0.3) is 0 Å². The fourth-order valence-corrected chi connectivity index (χ4v) is 3.06. The molecule has 2 atom stereocenters. The normalized spacial score (nSPS) is 26.4. The van der Waals surface area contributed by atoms with E-state index < -0.39 is 0 Å². The minimum atomic E-state index is 0.204. The monoisotopic (exact) mass is 230 g/mol. The summed E-state index contributed by atoms with van der Waals surface area (Å²) in [6.45, 7) is 0. The quantitative estimate of drug-likeness (QED) is 0.865. The van der Waals surface area contributed by atoms with E-state index in [0.29, 0.717) is 24.3 Å². The van der Waals surface area contributed by atoms with E-state index in [-0.39, 0.29) is 5.91 Å². The Labute approximate surface area is 102 Å². The van der Waals surface area contributed by atoms with Gasteiger partial charge in [0, 0.05) is 30.3 Å². The molecular formula is C14H18N2O. The molecule has 0 spiro atoms. The Kier molecular flexibility index (Phi) is 2.83. The molecule has 1 aliphatic heterocycles. The Morgan fingerprint density at radius 3 is 2.71 bits per heavy atom. The Bertz CT molecular complexity index is 400. The van der Waals surface area contributed by atoms with Crippen LogP contribution in [0.4, 0.5) is 0 Å². The lowest BCUT2D eigenvalue weighted by Gasteiger charge is -2.36. The van der Waals surface area contributed by atoms with Crippen molar-refractivity contribution in [2.75, 3.05) is 0 Å². The van der Waals surface area contributed by atoms with Gasteiger partial charge < -0.3 is 5.32 Å². The number of carbonyl (C=O) groups is 1. The van der Waals surface area contributed by atoms with Gasteiger partial charge in [-0.25, -0.2) is 0 Å². The maximum atomic E-state index is 11.4. The van der Waals surface area contributed by atoms with Crippen LogP contribution in [-0.2, 0) is 4.79 Å². The maximum absolute atomic E-state index is 11.4. The molecule has 1 aromatic rings. The highest BCUT2D eigenvalue weighted by Gasteiger charge is 2.38. The largest absolute Gasteiger partial charge is 0.353 e. The molecule has 1 amide bonds. The second-order valence-corrected chi connectivity index (χ2v) is 5.18. The number of aromatic nitrogens is 1. The zero-order chi connectivity index (χ0) is 11.7. The van der Waals surface area contributed by atoms with Crippen LogP contribution in [0.5, 0.6) is 0 Å². The molecule has 0 unspecified atom stereocenters. The zero-order valence-corrected chi connectivity index (χ0v) is 9.93. The second kappa shape index (κ2) is 4.47. The SMILES string of the molecule is O=C1CC[C@H]([C@H](c2ccccn2)C2CCC2)N1. The number of nitrogens with one attached hydrogen (secondary N) is 1. The number of amides is 1. The van der Waals surface area contributed by atoms with E-state index >= 15 is 0 Å². The fraction of sp³-hybridized carbons (Fsp3) is 0.571. The number of pyridine rings is 1. The van der Waals surface area contributed by atoms with Crippen molar-refractivity contribution in [2.24, 2.45) is 5.92 Å². The lowest BCUT2D eigenvalue weighted by atomic mass is 9.71. The van der Waals surface area contributed by atoms with Gasteiger partial charge in [-0.3, -0.25) is 9.78 Å². The van der Waals surface area contributed by atoms with Crippen molar-refractivity contribution in [1.82, 2.24) is 10.3 Å². The summed E-state index contributed by atoms with van der Waals surface area (Å²) in [4.78, 5) is 15.9. The highest BCUT2D eigenvalue weighted by molar-refractivity contribution is 5.78. The highest BCUT2D eigenvalue weighted by Crippen LogP contribution is 2.42. The maximum Gasteiger partial charge on any atom is 0.220 e. The van der Waals surface area contributed by atoms with Crippen LogP contribution in [0.1, 0.15) is 43.7 Å². The van der Waals surface area contributed by atoms with Gasteiger partial charge in [-0.05, 0) is 37.3 Å². The van der Waals surface area contributed by atoms with E-state index in [1.165, 1.54) is 19.3 Å². The molecule has 3 rings (SSSR count). The molecule has 2 heterocycles. The Morgan fingerprint density at radius 2 is 2.18 bits per heavy atom. The molecule has 1 N–H and O–H groups in total. The molecule has 3 heteroatoms. The van der Waals surface area contributed by atoms with Crippen LogP contribution >= 0.6 is 0 Å². The van der Waals surface area contributed by atoms with Crippen molar-refractivity contribution in [2.45, 2.75) is 44.1 Å². The van der Waals surface area contributed by atoms with Gasteiger partial charge in [-0.15, -0.1) is 0 Å². The van der Waals surface area contributed by atoms with Gasteiger partial charge in [0.2, 0.25) is 5.91 Å². The fourth-order valence-electron chi connectivity index (χ4n) is 3.06. The van der Waals surface area contributed by atoms with Gasteiger partial charge in [-0.1, -0.05) is 12.5 Å². The summed E-state index contributed by atoms with van der Waals surface area (Å²) in [5.74, 6) is 1.35. The standard InChI is InChI=1S/C14H18N2O/c17-13-8-7-12(16-13)14(10-4-3-5-10)11-6-1-2-9-15-11/h1-2,6,9-10,12,14H,3-5,7-8H2,(H,16,17)/t12-,14+/m1/s1. The van der Waals surface area contributed by atoms with Crippen LogP contribution in [0.3, 0.4) is 0 Å². The number of hydrogen-bond donors (Lipinski definition) is 1. The number of rotatable bonds is 3. The van der Waals surface area contributed by atoms with Crippen LogP contribution in [0.15, 0.2) is 24.4 Å². The van der Waals surface area contributed by atoms with Gasteiger partial charge in [0.1, 0.15) is 0 Å². The van der Waals surface area contributed by atoms with Crippen LogP contribution in [0, 0.1) is 5.92 Å². The first kappa shape index (κ1) is 10.8. The number of nitrogens with zero attached hydrogens (tertiary/aromatic N) is 1. The van der Waals surface area contributed by atoms with Crippen molar-refractivity contribution in [3.05, 3.63) is 30.1 Å². The summed E-state index contributed by atoms with van der Waals surface area (Å²) < 4.78 is 0. The van der Waals surface area contributed by atoms with Gasteiger partial charge in [0.15, 0.2) is 0 Å². The summed E-state index contributed by atoms with van der Waals surface area (Å²) in [5.41, 5.74) is 1.16. The van der Waals surface area contributed by atoms with E-state index in [1.54, 1.807) is 0 Å². The van der Waals surface area contributed by atoms with Crippen molar-refractivity contribution >= 4 is 5.91 Å². The van der Waals surface area contributed by atoms with Crippen molar-refractivity contribution < 1.29 is 4.79 Å². The van der Waals surface area contributed by atoms with Gasteiger partial charge in [0.05, 0.1) is 0 Å². The van der Waals surface area contributed by atoms with Crippen LogP contribution in [-0.4, -0.2) is 16.9 Å². The van der Waals surface area contributed by atoms with Crippen molar-refractivity contribution in [3.8, 4) is 0 Å². The summed E-state index contributed by atoms with van der Waals surface area (Å²) in [5, 5.41) is 3.12. The van der Waals surface area contributed by atoms with Crippen LogP contribution in [0.2, 0.25) is 0 Å². The summed E-state index contributed by atoms with van der Waals surface area (Å²) in [7, 11) is 0. The summed E-state index contributed by atoms with van der Waals surface area (Å²) in [6, 6.07) is 6.41. The molecular weight excluding hydrogens is 212 g/mol. The van der Waals surface area contributed by atoms with E-state index in [1.807, 2.05) is 18.3 Å². The lowest BCUT2D eigenvalue weighted by Crippen LogP contribution is -2.38. The third kappa shape index (κ3) is 2.06. The zero-order valence-electron chi connectivity index (χ0n) is 9.93. The van der Waals surface area contributed by atoms with Gasteiger partial charge in [-0.2, -0.15) is 0 Å². The van der Waals surface area contributed by atoms with E-state index in [4.69, 9.17) is 0 Å².